The highest BCUT2D eigenvalue weighted by molar-refractivity contribution is 14.0. The Balaban J connectivity index is 0.00000512. The molecule has 0 unspecified atom stereocenters. The Kier molecular flexibility index (Phi) is 12.0. The third-order valence-electron chi connectivity index (χ3n) is 4.04. The molecule has 0 fully saturated rings. The molecule has 0 bridgehead atoms. The Bertz CT molecular complexity index is 911. The van der Waals surface area contributed by atoms with Crippen LogP contribution >= 0.6 is 24.0 Å². The molecule has 0 saturated carbocycles. The SMILES string of the molecule is CCNC(=NCc1ccc(C(=O)NCC(N)=O)cc1)NCc1ccccc1OC(F)F.I. The number of aliphatic imine (C=N–C) groups is 1. The van der Waals surface area contributed by atoms with E-state index in [9.17, 15) is 18.4 Å². The van der Waals surface area contributed by atoms with Gasteiger partial charge < -0.3 is 26.4 Å². The van der Waals surface area contributed by atoms with Crippen LogP contribution in [-0.2, 0) is 17.9 Å². The Morgan fingerprint density at radius 3 is 2.38 bits per heavy atom. The molecule has 2 aromatic rings. The maximum absolute atomic E-state index is 12.6. The van der Waals surface area contributed by atoms with Crippen LogP contribution in [0.15, 0.2) is 53.5 Å². The molecule has 174 valence electrons. The molecule has 0 spiro atoms. The monoisotopic (exact) mass is 561 g/mol. The summed E-state index contributed by atoms with van der Waals surface area (Å²) in [4.78, 5) is 27.1. The highest BCUT2D eigenvalue weighted by Gasteiger charge is 2.10. The van der Waals surface area contributed by atoms with Crippen LogP contribution in [-0.4, -0.2) is 37.5 Å². The Labute approximate surface area is 202 Å². The zero-order valence-electron chi connectivity index (χ0n) is 17.4. The van der Waals surface area contributed by atoms with Crippen molar-refractivity contribution >= 4 is 41.8 Å². The highest BCUT2D eigenvalue weighted by atomic mass is 127. The number of ether oxygens (including phenoxy) is 1. The molecule has 5 N–H and O–H groups in total. The van der Waals surface area contributed by atoms with E-state index in [0.717, 1.165) is 5.56 Å². The van der Waals surface area contributed by atoms with Gasteiger partial charge in [-0.2, -0.15) is 8.78 Å². The van der Waals surface area contributed by atoms with Crippen LogP contribution in [0, 0.1) is 0 Å². The zero-order valence-corrected chi connectivity index (χ0v) is 19.8. The molecule has 0 heterocycles. The van der Waals surface area contributed by atoms with Gasteiger partial charge in [-0.3, -0.25) is 9.59 Å². The van der Waals surface area contributed by atoms with Crippen LogP contribution in [0.1, 0.15) is 28.4 Å². The number of hydrogen-bond donors (Lipinski definition) is 4. The first-order chi connectivity index (χ1) is 14.9. The van der Waals surface area contributed by atoms with Gasteiger partial charge in [0.1, 0.15) is 5.75 Å². The normalized spacial score (nSPS) is 10.8. The molecule has 0 radical (unpaired) electrons. The van der Waals surface area contributed by atoms with Gasteiger partial charge in [-0.1, -0.05) is 30.3 Å². The van der Waals surface area contributed by atoms with Gasteiger partial charge in [0.2, 0.25) is 5.91 Å². The van der Waals surface area contributed by atoms with Crippen LogP contribution in [0.25, 0.3) is 0 Å². The summed E-state index contributed by atoms with van der Waals surface area (Å²) >= 11 is 0. The lowest BCUT2D eigenvalue weighted by Crippen LogP contribution is -2.36. The van der Waals surface area contributed by atoms with Gasteiger partial charge >= 0.3 is 6.61 Å². The molecule has 8 nitrogen and oxygen atoms in total. The van der Waals surface area contributed by atoms with Crippen LogP contribution in [0.2, 0.25) is 0 Å². The standard InChI is InChI=1S/C21H25F2N5O3.HI/c1-2-25-21(28-12-16-5-3-4-6-17(16)31-20(22)23)27-11-14-7-9-15(10-8-14)19(30)26-13-18(24)29;/h3-10,20H,2,11-13H2,1H3,(H2,24,29)(H,26,30)(H2,25,27,28);1H. The molecule has 0 aromatic heterocycles. The van der Waals surface area contributed by atoms with Crippen molar-refractivity contribution in [2.45, 2.75) is 26.6 Å². The molecule has 0 aliphatic heterocycles. The smallest absolute Gasteiger partial charge is 0.387 e. The summed E-state index contributed by atoms with van der Waals surface area (Å²) in [5.74, 6) is -0.414. The van der Waals surface area contributed by atoms with Gasteiger partial charge in [-0.25, -0.2) is 4.99 Å². The van der Waals surface area contributed by atoms with Crippen molar-refractivity contribution in [1.29, 1.82) is 0 Å². The lowest BCUT2D eigenvalue weighted by Gasteiger charge is -2.14. The molecule has 0 aliphatic carbocycles. The molecule has 0 atom stereocenters. The van der Waals surface area contributed by atoms with Crippen molar-refractivity contribution in [2.24, 2.45) is 10.7 Å². The van der Waals surface area contributed by atoms with E-state index in [0.29, 0.717) is 30.2 Å². The fraction of sp³-hybridized carbons (Fsp3) is 0.286. The topological polar surface area (TPSA) is 118 Å². The molecule has 32 heavy (non-hydrogen) atoms. The fourth-order valence-electron chi connectivity index (χ4n) is 2.58. The average molecular weight is 561 g/mol. The second-order valence-corrected chi connectivity index (χ2v) is 6.38. The van der Waals surface area contributed by atoms with E-state index in [1.165, 1.54) is 6.07 Å². The third kappa shape index (κ3) is 9.45. The van der Waals surface area contributed by atoms with E-state index < -0.39 is 18.4 Å². The number of nitrogens with one attached hydrogen (secondary N) is 3. The number of nitrogens with two attached hydrogens (primary N) is 1. The number of primary amides is 1. The van der Waals surface area contributed by atoms with Gasteiger partial charge in [0.15, 0.2) is 5.96 Å². The number of para-hydroxylation sites is 1. The summed E-state index contributed by atoms with van der Waals surface area (Å²) in [5, 5.41) is 8.58. The maximum atomic E-state index is 12.6. The second-order valence-electron chi connectivity index (χ2n) is 6.38. The summed E-state index contributed by atoms with van der Waals surface area (Å²) in [6, 6.07) is 13.3. The van der Waals surface area contributed by atoms with Gasteiger partial charge in [0, 0.05) is 24.2 Å². The summed E-state index contributed by atoms with van der Waals surface area (Å²) in [6.07, 6.45) is 0. The van der Waals surface area contributed by atoms with Gasteiger partial charge in [-0.05, 0) is 30.7 Å². The van der Waals surface area contributed by atoms with Crippen molar-refractivity contribution in [3.8, 4) is 5.75 Å². The molecule has 2 aromatic carbocycles. The van der Waals surface area contributed by atoms with Gasteiger partial charge in [-0.15, -0.1) is 24.0 Å². The van der Waals surface area contributed by atoms with Crippen LogP contribution < -0.4 is 26.4 Å². The van der Waals surface area contributed by atoms with E-state index >= 15 is 0 Å². The van der Waals surface area contributed by atoms with Crippen molar-refractivity contribution in [3.05, 3.63) is 65.2 Å². The number of carbonyl (C=O) groups is 2. The fourth-order valence-corrected chi connectivity index (χ4v) is 2.58. The maximum Gasteiger partial charge on any atom is 0.387 e. The molecule has 2 rings (SSSR count). The summed E-state index contributed by atoms with van der Waals surface area (Å²) in [6.45, 7) is -0.0380. The van der Waals surface area contributed by atoms with Crippen molar-refractivity contribution in [2.75, 3.05) is 13.1 Å². The molecular formula is C21H26F2IN5O3. The van der Waals surface area contributed by atoms with Gasteiger partial charge in [0.05, 0.1) is 13.1 Å². The minimum absolute atomic E-state index is 0. The zero-order chi connectivity index (χ0) is 22.6. The Morgan fingerprint density at radius 1 is 1.06 bits per heavy atom. The molecule has 11 heteroatoms. The number of nitrogens with zero attached hydrogens (tertiary/aromatic N) is 1. The van der Waals surface area contributed by atoms with Crippen LogP contribution in [0.3, 0.4) is 0 Å². The first kappa shape index (κ1) is 27.1. The molecule has 0 aliphatic rings. The molecule has 0 saturated heterocycles. The lowest BCUT2D eigenvalue weighted by atomic mass is 10.1. The number of rotatable bonds is 10. The van der Waals surface area contributed by atoms with Crippen molar-refractivity contribution < 1.29 is 23.1 Å². The molecule has 2 amide bonds. The van der Waals surface area contributed by atoms with Crippen molar-refractivity contribution in [1.82, 2.24) is 16.0 Å². The summed E-state index contributed by atoms with van der Waals surface area (Å²) in [7, 11) is 0. The quantitative estimate of drug-likeness (QED) is 0.202. The van der Waals surface area contributed by atoms with Gasteiger partial charge in [0.25, 0.3) is 5.91 Å². The predicted octanol–water partition coefficient (Wildman–Crippen LogP) is 2.38. The second kappa shape index (κ2) is 14.2. The van der Waals surface area contributed by atoms with E-state index in [4.69, 9.17) is 5.73 Å². The lowest BCUT2D eigenvalue weighted by molar-refractivity contribution is -0.117. The predicted molar refractivity (Wildman–Crippen MR) is 128 cm³/mol. The van der Waals surface area contributed by atoms with Crippen LogP contribution in [0.5, 0.6) is 5.75 Å². The first-order valence-electron chi connectivity index (χ1n) is 9.59. The number of halogens is 3. The number of guanidine groups is 1. The third-order valence-corrected chi connectivity index (χ3v) is 4.04. The van der Waals surface area contributed by atoms with E-state index in [-0.39, 0.29) is 42.8 Å². The van der Waals surface area contributed by atoms with E-state index in [1.807, 2.05) is 6.92 Å². The Hall–Kier alpha value is -2.96. The summed E-state index contributed by atoms with van der Waals surface area (Å²) in [5.41, 5.74) is 6.82. The summed E-state index contributed by atoms with van der Waals surface area (Å²) < 4.78 is 29.7. The number of hydrogen-bond acceptors (Lipinski definition) is 4. The first-order valence-corrected chi connectivity index (χ1v) is 9.59. The number of amides is 2. The molecular weight excluding hydrogens is 535 g/mol. The number of carbonyl (C=O) groups excluding carboxylic acids is 2. The Morgan fingerprint density at radius 2 is 1.75 bits per heavy atom. The van der Waals surface area contributed by atoms with Crippen LogP contribution in [0.4, 0.5) is 8.78 Å². The minimum Gasteiger partial charge on any atom is -0.434 e. The minimum atomic E-state index is -2.90. The van der Waals surface area contributed by atoms with Crippen molar-refractivity contribution in [3.63, 3.8) is 0 Å². The van der Waals surface area contributed by atoms with E-state index in [2.05, 4.69) is 25.7 Å². The number of alkyl halides is 2. The highest BCUT2D eigenvalue weighted by Crippen LogP contribution is 2.19. The number of benzene rings is 2. The van der Waals surface area contributed by atoms with E-state index in [1.54, 1.807) is 42.5 Å². The largest absolute Gasteiger partial charge is 0.434 e. The average Bonchev–Trinajstić information content (AvgIpc) is 2.75.